The summed E-state index contributed by atoms with van der Waals surface area (Å²) < 4.78 is 0. The van der Waals surface area contributed by atoms with Gasteiger partial charge in [-0.25, -0.2) is 0 Å². The van der Waals surface area contributed by atoms with Gasteiger partial charge in [-0.3, -0.25) is 9.69 Å². The fourth-order valence-electron chi connectivity index (χ4n) is 3.91. The smallest absolute Gasteiger partial charge is 0.237 e. The van der Waals surface area contributed by atoms with Crippen molar-refractivity contribution in [3.63, 3.8) is 0 Å². The van der Waals surface area contributed by atoms with E-state index in [0.717, 1.165) is 19.5 Å². The molecule has 0 spiro atoms. The van der Waals surface area contributed by atoms with E-state index in [2.05, 4.69) is 51.2 Å². The number of aliphatic hydroxyl groups excluding tert-OH is 1. The Bertz CT molecular complexity index is 759. The third-order valence-electron chi connectivity index (χ3n) is 5.36. The lowest BCUT2D eigenvalue weighted by Gasteiger charge is -2.35. The highest BCUT2D eigenvalue weighted by Crippen LogP contribution is 2.30. The molecule has 8 heteroatoms. The van der Waals surface area contributed by atoms with Crippen LogP contribution in [-0.4, -0.2) is 47.7 Å². The van der Waals surface area contributed by atoms with Crippen molar-refractivity contribution in [2.75, 3.05) is 19.6 Å². The van der Waals surface area contributed by atoms with Crippen molar-refractivity contribution < 1.29 is 9.90 Å². The van der Waals surface area contributed by atoms with Crippen LogP contribution in [0.15, 0.2) is 41.8 Å². The number of aliphatic hydroxyl groups is 1. The van der Waals surface area contributed by atoms with Gasteiger partial charge in [0, 0.05) is 31.1 Å². The molecule has 3 atom stereocenters. The fraction of sp³-hybridized carbons (Fsp3) is 0.450. The first-order chi connectivity index (χ1) is 12.7. The first-order valence-electron chi connectivity index (χ1n) is 9.24. The van der Waals surface area contributed by atoms with Crippen molar-refractivity contribution >= 4 is 42.1 Å². The van der Waals surface area contributed by atoms with E-state index in [0.29, 0.717) is 19.5 Å². The summed E-state index contributed by atoms with van der Waals surface area (Å²) in [5.41, 5.74) is 2.64. The number of amides is 1. The topological polar surface area (TPSA) is 64.6 Å². The van der Waals surface area contributed by atoms with Gasteiger partial charge in [-0.1, -0.05) is 30.3 Å². The first kappa shape index (κ1) is 23.1. The largest absolute Gasteiger partial charge is 0.392 e. The Morgan fingerprint density at radius 2 is 2.07 bits per heavy atom. The molecule has 4 rings (SSSR count). The summed E-state index contributed by atoms with van der Waals surface area (Å²) in [6.07, 6.45) is 1.14. The van der Waals surface area contributed by atoms with Crippen LogP contribution in [0.3, 0.4) is 0 Å². The molecule has 0 aliphatic carbocycles. The number of hydrogen-bond acceptors (Lipinski definition) is 5. The van der Waals surface area contributed by atoms with Gasteiger partial charge in [0.2, 0.25) is 5.91 Å². The van der Waals surface area contributed by atoms with E-state index in [1.54, 1.807) is 0 Å². The molecule has 2 aliphatic heterocycles. The van der Waals surface area contributed by atoms with Crippen LogP contribution in [0.5, 0.6) is 0 Å². The Labute approximate surface area is 182 Å². The van der Waals surface area contributed by atoms with Gasteiger partial charge in [0.15, 0.2) is 0 Å². The average molecular weight is 444 g/mol. The van der Waals surface area contributed by atoms with Gasteiger partial charge in [-0.15, -0.1) is 36.2 Å². The summed E-state index contributed by atoms with van der Waals surface area (Å²) in [4.78, 5) is 16.4. The van der Waals surface area contributed by atoms with Crippen molar-refractivity contribution in [3.8, 4) is 0 Å². The van der Waals surface area contributed by atoms with E-state index in [9.17, 15) is 9.90 Å². The molecule has 0 radical (unpaired) electrons. The molecular formula is C20H27Cl2N3O2S. The molecular weight excluding hydrogens is 417 g/mol. The van der Waals surface area contributed by atoms with Gasteiger partial charge in [0.1, 0.15) is 0 Å². The summed E-state index contributed by atoms with van der Waals surface area (Å²) in [5.74, 6) is -0.0179. The fourth-order valence-corrected chi connectivity index (χ4v) is 4.80. The standard InChI is InChI=1S/C20H25N3O2S.2ClH/c24-16-10-17(21-11-16)20(25)22-12-18(14-4-2-1-3-5-14)23-8-6-19-15(13-23)7-9-26-19;;/h1-5,7,9,16-18,21,24H,6,8,10-13H2,(H,22,25);2*1H. The highest BCUT2D eigenvalue weighted by molar-refractivity contribution is 7.10. The van der Waals surface area contributed by atoms with Gasteiger partial charge >= 0.3 is 0 Å². The van der Waals surface area contributed by atoms with Crippen LogP contribution in [-0.2, 0) is 17.8 Å². The van der Waals surface area contributed by atoms with Crippen LogP contribution >= 0.6 is 36.2 Å². The molecule has 1 amide bonds. The highest BCUT2D eigenvalue weighted by Gasteiger charge is 2.30. The number of nitrogens with one attached hydrogen (secondary N) is 2. The minimum absolute atomic E-state index is 0. The van der Waals surface area contributed by atoms with Crippen LogP contribution in [0.4, 0.5) is 0 Å². The molecule has 3 unspecified atom stereocenters. The minimum atomic E-state index is -0.422. The molecule has 28 heavy (non-hydrogen) atoms. The number of carbonyl (C=O) groups excluding carboxylic acids is 1. The van der Waals surface area contributed by atoms with Crippen molar-refractivity contribution in [2.45, 2.75) is 37.6 Å². The lowest BCUT2D eigenvalue weighted by molar-refractivity contribution is -0.123. The number of fused-ring (bicyclic) bond motifs is 1. The predicted octanol–water partition coefficient (Wildman–Crippen LogP) is 2.53. The summed E-state index contributed by atoms with van der Waals surface area (Å²) in [7, 11) is 0. The van der Waals surface area contributed by atoms with Crippen LogP contribution in [0.25, 0.3) is 0 Å². The van der Waals surface area contributed by atoms with Gasteiger partial charge in [0.25, 0.3) is 0 Å². The molecule has 154 valence electrons. The Morgan fingerprint density at radius 3 is 2.79 bits per heavy atom. The van der Waals surface area contributed by atoms with E-state index in [1.165, 1.54) is 16.0 Å². The Hall–Kier alpha value is -1.15. The predicted molar refractivity (Wildman–Crippen MR) is 118 cm³/mol. The number of thiophene rings is 1. The number of rotatable bonds is 5. The molecule has 0 bridgehead atoms. The quantitative estimate of drug-likeness (QED) is 0.664. The molecule has 3 N–H and O–H groups in total. The number of halogens is 2. The Morgan fingerprint density at radius 1 is 1.29 bits per heavy atom. The van der Waals surface area contributed by atoms with Gasteiger partial charge in [0.05, 0.1) is 18.2 Å². The normalized spacial score (nSPS) is 22.5. The second-order valence-corrected chi connectivity index (χ2v) is 8.11. The van der Waals surface area contributed by atoms with Crippen LogP contribution in [0, 0.1) is 0 Å². The Balaban J connectivity index is 0.00000140. The molecule has 3 heterocycles. The molecule has 1 aromatic heterocycles. The van der Waals surface area contributed by atoms with E-state index in [4.69, 9.17) is 0 Å². The molecule has 0 saturated carbocycles. The zero-order valence-corrected chi connectivity index (χ0v) is 18.0. The van der Waals surface area contributed by atoms with Crippen molar-refractivity contribution in [2.24, 2.45) is 0 Å². The molecule has 1 aromatic carbocycles. The lowest BCUT2D eigenvalue weighted by Crippen LogP contribution is -2.45. The van der Waals surface area contributed by atoms with E-state index >= 15 is 0 Å². The average Bonchev–Trinajstić information content (AvgIpc) is 3.31. The zero-order valence-electron chi connectivity index (χ0n) is 15.5. The molecule has 5 nitrogen and oxygen atoms in total. The van der Waals surface area contributed by atoms with Crippen molar-refractivity contribution in [3.05, 3.63) is 57.8 Å². The third-order valence-corrected chi connectivity index (χ3v) is 6.38. The maximum Gasteiger partial charge on any atom is 0.237 e. The summed E-state index contributed by atoms with van der Waals surface area (Å²) in [5, 5.41) is 18.0. The molecule has 2 aliphatic rings. The van der Waals surface area contributed by atoms with Crippen LogP contribution in [0.1, 0.15) is 28.5 Å². The number of nitrogens with zero attached hydrogens (tertiary/aromatic N) is 1. The number of carbonyl (C=O) groups is 1. The van der Waals surface area contributed by atoms with Gasteiger partial charge in [-0.2, -0.15) is 0 Å². The van der Waals surface area contributed by atoms with E-state index in [-0.39, 0.29) is 42.8 Å². The third kappa shape index (κ3) is 5.26. The van der Waals surface area contributed by atoms with Gasteiger partial charge < -0.3 is 15.7 Å². The Kier molecular flexibility index (Phi) is 8.74. The van der Waals surface area contributed by atoms with E-state index in [1.807, 2.05) is 17.4 Å². The second kappa shape index (κ2) is 10.6. The highest BCUT2D eigenvalue weighted by atomic mass is 35.5. The summed E-state index contributed by atoms with van der Waals surface area (Å²) in [6.45, 7) is 3.00. The van der Waals surface area contributed by atoms with Crippen molar-refractivity contribution in [1.29, 1.82) is 0 Å². The molecule has 1 saturated heterocycles. The zero-order chi connectivity index (χ0) is 17.9. The molecule has 1 fully saturated rings. The molecule has 2 aromatic rings. The monoisotopic (exact) mass is 443 g/mol. The van der Waals surface area contributed by atoms with Gasteiger partial charge in [-0.05, 0) is 35.4 Å². The first-order valence-corrected chi connectivity index (χ1v) is 10.1. The second-order valence-electron chi connectivity index (χ2n) is 7.11. The number of hydrogen-bond donors (Lipinski definition) is 3. The summed E-state index contributed by atoms with van der Waals surface area (Å²) >= 11 is 1.84. The maximum atomic E-state index is 12.5. The number of β-amino-alcohol motifs (C(OH)–C–C–N with tert-alkyl or cyclic N) is 1. The van der Waals surface area contributed by atoms with E-state index < -0.39 is 6.10 Å². The van der Waals surface area contributed by atoms with Crippen LogP contribution in [0.2, 0.25) is 0 Å². The SMILES string of the molecule is Cl.Cl.O=C(NCC(c1ccccc1)N1CCc2sccc2C1)C1CC(O)CN1. The summed E-state index contributed by atoms with van der Waals surface area (Å²) in [6, 6.07) is 12.5. The minimum Gasteiger partial charge on any atom is -0.392 e. The number of benzene rings is 1. The van der Waals surface area contributed by atoms with Crippen molar-refractivity contribution in [1.82, 2.24) is 15.5 Å². The van der Waals surface area contributed by atoms with Crippen LogP contribution < -0.4 is 10.6 Å². The maximum absolute atomic E-state index is 12.5. The lowest BCUT2D eigenvalue weighted by atomic mass is 10.0.